The SMILES string of the molecule is CC(N)C(=O)N1CCC(C(N)c2cc(Cl)c(Cl)cc2O)CC1.O=C(O)C(F)(F)F. The molecule has 164 valence electrons. The van der Waals surface area contributed by atoms with Crippen molar-refractivity contribution < 1.29 is 33.0 Å². The van der Waals surface area contributed by atoms with Crippen LogP contribution in [0.3, 0.4) is 0 Å². The summed E-state index contributed by atoms with van der Waals surface area (Å²) < 4.78 is 31.7. The predicted octanol–water partition coefficient (Wildman–Crippen LogP) is 2.92. The van der Waals surface area contributed by atoms with Crippen LogP contribution in [0, 0.1) is 5.92 Å². The van der Waals surface area contributed by atoms with Gasteiger partial charge in [-0.15, -0.1) is 0 Å². The average molecular weight is 460 g/mol. The van der Waals surface area contributed by atoms with Crippen LogP contribution in [0.15, 0.2) is 12.1 Å². The number of carboxylic acids is 1. The third kappa shape index (κ3) is 7.22. The van der Waals surface area contributed by atoms with Gasteiger partial charge in [-0.3, -0.25) is 4.79 Å². The number of likely N-dealkylation sites (tertiary alicyclic amines) is 1. The zero-order valence-electron chi connectivity index (χ0n) is 15.4. The van der Waals surface area contributed by atoms with E-state index in [1.54, 1.807) is 17.9 Å². The number of halogens is 5. The van der Waals surface area contributed by atoms with E-state index < -0.39 is 18.2 Å². The van der Waals surface area contributed by atoms with Crippen LogP contribution in [0.1, 0.15) is 31.4 Å². The van der Waals surface area contributed by atoms with Gasteiger partial charge < -0.3 is 26.6 Å². The van der Waals surface area contributed by atoms with E-state index >= 15 is 0 Å². The monoisotopic (exact) mass is 459 g/mol. The maximum absolute atomic E-state index is 11.9. The van der Waals surface area contributed by atoms with Crippen molar-refractivity contribution >= 4 is 35.1 Å². The average Bonchev–Trinajstić information content (AvgIpc) is 2.63. The second kappa shape index (κ2) is 10.3. The topological polar surface area (TPSA) is 130 Å². The normalized spacial score (nSPS) is 17.2. The number of carboxylic acid groups (broad SMARTS) is 1. The van der Waals surface area contributed by atoms with Gasteiger partial charge in [-0.1, -0.05) is 23.2 Å². The summed E-state index contributed by atoms with van der Waals surface area (Å²) in [5, 5.41) is 17.8. The predicted molar refractivity (Wildman–Crippen MR) is 102 cm³/mol. The Bertz CT molecular complexity index is 739. The molecule has 0 spiro atoms. The molecule has 1 fully saturated rings. The molecule has 1 heterocycles. The van der Waals surface area contributed by atoms with Gasteiger partial charge in [0.2, 0.25) is 5.91 Å². The highest BCUT2D eigenvalue weighted by atomic mass is 35.5. The van der Waals surface area contributed by atoms with Crippen molar-refractivity contribution in [2.75, 3.05) is 13.1 Å². The van der Waals surface area contributed by atoms with Crippen molar-refractivity contribution in [3.63, 3.8) is 0 Å². The molecular formula is C17H22Cl2F3N3O4. The summed E-state index contributed by atoms with van der Waals surface area (Å²) in [5.41, 5.74) is 12.5. The third-order valence-corrected chi connectivity index (χ3v) is 5.14. The number of aromatic hydroxyl groups is 1. The summed E-state index contributed by atoms with van der Waals surface area (Å²) in [4.78, 5) is 22.5. The highest BCUT2D eigenvalue weighted by Crippen LogP contribution is 2.37. The Labute approximate surface area is 175 Å². The quantitative estimate of drug-likeness (QED) is 0.549. The highest BCUT2D eigenvalue weighted by molar-refractivity contribution is 6.42. The molecule has 1 aromatic carbocycles. The number of phenolic OH excluding ortho intramolecular Hbond substituents is 1. The molecule has 0 radical (unpaired) electrons. The van der Waals surface area contributed by atoms with Crippen molar-refractivity contribution in [1.29, 1.82) is 0 Å². The van der Waals surface area contributed by atoms with Crippen LogP contribution in [0.2, 0.25) is 10.0 Å². The summed E-state index contributed by atoms with van der Waals surface area (Å²) >= 11 is 11.9. The highest BCUT2D eigenvalue weighted by Gasteiger charge is 2.38. The van der Waals surface area contributed by atoms with Crippen molar-refractivity contribution in [3.8, 4) is 5.75 Å². The molecule has 0 bridgehead atoms. The molecule has 0 aliphatic carbocycles. The van der Waals surface area contributed by atoms with Crippen LogP contribution < -0.4 is 11.5 Å². The molecule has 0 saturated carbocycles. The first-order valence-corrected chi connectivity index (χ1v) is 9.29. The zero-order chi connectivity index (χ0) is 22.5. The van der Waals surface area contributed by atoms with Crippen molar-refractivity contribution in [2.45, 2.75) is 38.0 Å². The summed E-state index contributed by atoms with van der Waals surface area (Å²) in [6.07, 6.45) is -3.56. The lowest BCUT2D eigenvalue weighted by atomic mass is 9.85. The zero-order valence-corrected chi connectivity index (χ0v) is 16.9. The number of rotatable bonds is 3. The number of phenols is 1. The lowest BCUT2D eigenvalue weighted by Crippen LogP contribution is -2.47. The third-order valence-electron chi connectivity index (χ3n) is 4.42. The minimum Gasteiger partial charge on any atom is -0.508 e. The van der Waals surface area contributed by atoms with Gasteiger partial charge >= 0.3 is 12.1 Å². The van der Waals surface area contributed by atoms with Gasteiger partial charge in [-0.2, -0.15) is 13.2 Å². The number of aliphatic carboxylic acids is 1. The van der Waals surface area contributed by atoms with E-state index in [1.165, 1.54) is 6.07 Å². The van der Waals surface area contributed by atoms with E-state index in [0.29, 0.717) is 28.7 Å². The van der Waals surface area contributed by atoms with Crippen LogP contribution in [0.25, 0.3) is 0 Å². The van der Waals surface area contributed by atoms with Gasteiger partial charge in [0, 0.05) is 30.8 Å². The number of hydrogen-bond acceptors (Lipinski definition) is 5. The number of carbonyl (C=O) groups is 2. The Hall–Kier alpha value is -1.75. The first-order chi connectivity index (χ1) is 13.3. The molecule has 1 aliphatic heterocycles. The number of alkyl halides is 3. The maximum Gasteiger partial charge on any atom is 0.490 e. The number of piperidine rings is 1. The molecule has 12 heteroatoms. The van der Waals surface area contributed by atoms with Crippen LogP contribution >= 0.6 is 23.2 Å². The van der Waals surface area contributed by atoms with E-state index in [1.807, 2.05) is 0 Å². The van der Waals surface area contributed by atoms with Gasteiger partial charge in [0.1, 0.15) is 5.75 Å². The molecule has 2 rings (SSSR count). The smallest absolute Gasteiger partial charge is 0.490 e. The van der Waals surface area contributed by atoms with Crippen molar-refractivity contribution in [2.24, 2.45) is 17.4 Å². The number of nitrogens with zero attached hydrogens (tertiary/aromatic N) is 1. The van der Waals surface area contributed by atoms with E-state index in [2.05, 4.69) is 0 Å². The minimum absolute atomic E-state index is 0.0376. The van der Waals surface area contributed by atoms with Gasteiger partial charge in [-0.05, 0) is 31.7 Å². The number of nitrogens with two attached hydrogens (primary N) is 2. The largest absolute Gasteiger partial charge is 0.508 e. The van der Waals surface area contributed by atoms with Gasteiger partial charge in [0.05, 0.1) is 16.1 Å². The Morgan fingerprint density at radius 3 is 2.03 bits per heavy atom. The van der Waals surface area contributed by atoms with Crippen LogP contribution in [0.4, 0.5) is 13.2 Å². The summed E-state index contributed by atoms with van der Waals surface area (Å²) in [6, 6.07) is 2.20. The van der Waals surface area contributed by atoms with Gasteiger partial charge in [-0.25, -0.2) is 4.79 Å². The van der Waals surface area contributed by atoms with E-state index in [9.17, 15) is 23.1 Å². The molecule has 1 amide bonds. The second-order valence-electron chi connectivity index (χ2n) is 6.61. The number of carbonyl (C=O) groups excluding carboxylic acids is 1. The van der Waals surface area contributed by atoms with E-state index in [-0.39, 0.29) is 23.6 Å². The van der Waals surface area contributed by atoms with Crippen LogP contribution in [-0.2, 0) is 9.59 Å². The molecule has 0 aromatic heterocycles. The lowest BCUT2D eigenvalue weighted by molar-refractivity contribution is -0.192. The Morgan fingerprint density at radius 2 is 1.62 bits per heavy atom. The van der Waals surface area contributed by atoms with Gasteiger partial charge in [0.25, 0.3) is 0 Å². The molecule has 1 saturated heterocycles. The standard InChI is InChI=1S/C15H21Cl2N3O2.C2HF3O2/c1-8(18)15(22)20-4-2-9(3-5-20)14(19)10-6-11(16)12(17)7-13(10)21;3-2(4,5)1(6)7/h6-9,14,21H,2-5,18-19H2,1H3;(H,6,7). The molecule has 1 aromatic rings. The maximum atomic E-state index is 11.9. The molecule has 2 unspecified atom stereocenters. The Morgan fingerprint density at radius 1 is 1.17 bits per heavy atom. The molecule has 7 nitrogen and oxygen atoms in total. The van der Waals surface area contributed by atoms with Crippen molar-refractivity contribution in [1.82, 2.24) is 4.90 Å². The fourth-order valence-corrected chi connectivity index (χ4v) is 3.17. The molecule has 6 N–H and O–H groups in total. The van der Waals surface area contributed by atoms with E-state index in [4.69, 9.17) is 44.6 Å². The first-order valence-electron chi connectivity index (χ1n) is 8.53. The number of hydrogen-bond donors (Lipinski definition) is 4. The first kappa shape index (κ1) is 25.3. The molecular weight excluding hydrogens is 438 g/mol. The minimum atomic E-state index is -5.08. The Balaban J connectivity index is 0.000000516. The summed E-state index contributed by atoms with van der Waals surface area (Å²) in [7, 11) is 0. The second-order valence-corrected chi connectivity index (χ2v) is 7.42. The fraction of sp³-hybridized carbons (Fsp3) is 0.529. The van der Waals surface area contributed by atoms with E-state index in [0.717, 1.165) is 12.8 Å². The van der Waals surface area contributed by atoms with Crippen molar-refractivity contribution in [3.05, 3.63) is 27.7 Å². The fourth-order valence-electron chi connectivity index (χ4n) is 2.84. The summed E-state index contributed by atoms with van der Waals surface area (Å²) in [5.74, 6) is -2.58. The van der Waals surface area contributed by atoms with Gasteiger partial charge in [0.15, 0.2) is 0 Å². The van der Waals surface area contributed by atoms with Crippen LogP contribution in [0.5, 0.6) is 5.75 Å². The Kier molecular flexibility index (Phi) is 9.01. The molecule has 29 heavy (non-hydrogen) atoms. The number of benzene rings is 1. The molecule has 2 atom stereocenters. The lowest BCUT2D eigenvalue weighted by Gasteiger charge is -2.35. The van der Waals surface area contributed by atoms with Crippen LogP contribution in [-0.4, -0.2) is 52.3 Å². The molecule has 1 aliphatic rings. The summed E-state index contributed by atoms with van der Waals surface area (Å²) in [6.45, 7) is 2.94. The number of amides is 1.